The lowest BCUT2D eigenvalue weighted by Crippen LogP contribution is -2.47. The van der Waals surface area contributed by atoms with Crippen LogP contribution in [0.5, 0.6) is 0 Å². The quantitative estimate of drug-likeness (QED) is 0.638. The van der Waals surface area contributed by atoms with Gasteiger partial charge in [0.05, 0.1) is 6.54 Å². The molecule has 0 radical (unpaired) electrons. The van der Waals surface area contributed by atoms with E-state index in [9.17, 15) is 9.59 Å². The van der Waals surface area contributed by atoms with Crippen LogP contribution in [0.2, 0.25) is 0 Å². The van der Waals surface area contributed by atoms with Crippen LogP contribution in [0.4, 0.5) is 5.69 Å². The molecular formula is C17H21N3O2. The second-order valence-corrected chi connectivity index (χ2v) is 5.04. The summed E-state index contributed by atoms with van der Waals surface area (Å²) in [5.41, 5.74) is 2.05. The number of amides is 2. The molecule has 0 aliphatic carbocycles. The third kappa shape index (κ3) is 4.77. The van der Waals surface area contributed by atoms with Crippen molar-refractivity contribution >= 4 is 17.5 Å². The Bertz CT molecular complexity index is 576. The second kappa shape index (κ2) is 8.02. The van der Waals surface area contributed by atoms with Crippen molar-refractivity contribution in [1.82, 2.24) is 10.6 Å². The summed E-state index contributed by atoms with van der Waals surface area (Å²) in [6.45, 7) is 4.27. The standard InChI is InChI=1S/C17H21N3O2/c1-2-3-4-5-16(21)19-12-14-6-8-15(9-7-14)20-11-10-18-17(22)13-20/h2-9H,10-13H2,1H3,(H,18,22)(H,19,21)/b3-2+,5-4+. The summed E-state index contributed by atoms with van der Waals surface area (Å²) in [4.78, 5) is 25.0. The fraction of sp³-hybridized carbons (Fsp3) is 0.294. The Morgan fingerprint density at radius 2 is 2.09 bits per heavy atom. The molecule has 1 saturated heterocycles. The fourth-order valence-corrected chi connectivity index (χ4v) is 2.19. The van der Waals surface area contributed by atoms with Gasteiger partial charge >= 0.3 is 0 Å². The van der Waals surface area contributed by atoms with Gasteiger partial charge in [0.1, 0.15) is 0 Å². The van der Waals surface area contributed by atoms with E-state index in [1.165, 1.54) is 6.08 Å². The van der Waals surface area contributed by atoms with E-state index in [0.29, 0.717) is 19.6 Å². The van der Waals surface area contributed by atoms with Gasteiger partial charge in [0, 0.05) is 31.4 Å². The van der Waals surface area contributed by atoms with E-state index in [2.05, 4.69) is 10.6 Å². The number of nitrogens with one attached hydrogen (secondary N) is 2. The molecular weight excluding hydrogens is 278 g/mol. The molecule has 0 spiro atoms. The molecule has 2 rings (SSSR count). The molecule has 116 valence electrons. The van der Waals surface area contributed by atoms with Crippen LogP contribution in [0, 0.1) is 0 Å². The number of anilines is 1. The maximum absolute atomic E-state index is 11.6. The first kappa shape index (κ1) is 15.8. The predicted octanol–water partition coefficient (Wildman–Crippen LogP) is 1.37. The van der Waals surface area contributed by atoms with E-state index in [4.69, 9.17) is 0 Å². The Morgan fingerprint density at radius 3 is 2.77 bits per heavy atom. The van der Waals surface area contributed by atoms with E-state index in [0.717, 1.165) is 17.8 Å². The lowest BCUT2D eigenvalue weighted by atomic mass is 10.2. The summed E-state index contributed by atoms with van der Waals surface area (Å²) in [7, 11) is 0. The van der Waals surface area contributed by atoms with Crippen LogP contribution in [0.1, 0.15) is 12.5 Å². The van der Waals surface area contributed by atoms with Gasteiger partial charge in [0.2, 0.25) is 11.8 Å². The van der Waals surface area contributed by atoms with Crippen molar-refractivity contribution < 1.29 is 9.59 Å². The van der Waals surface area contributed by atoms with Gasteiger partial charge < -0.3 is 15.5 Å². The van der Waals surface area contributed by atoms with E-state index in [1.807, 2.05) is 48.2 Å². The zero-order valence-corrected chi connectivity index (χ0v) is 12.7. The molecule has 5 heteroatoms. The minimum absolute atomic E-state index is 0.0514. The minimum Gasteiger partial charge on any atom is -0.360 e. The molecule has 1 heterocycles. The van der Waals surface area contributed by atoms with Crippen LogP contribution in [-0.2, 0) is 16.1 Å². The second-order valence-electron chi connectivity index (χ2n) is 5.04. The first-order chi connectivity index (χ1) is 10.7. The topological polar surface area (TPSA) is 61.4 Å². The van der Waals surface area contributed by atoms with E-state index in [-0.39, 0.29) is 11.8 Å². The van der Waals surface area contributed by atoms with Gasteiger partial charge in [-0.25, -0.2) is 0 Å². The van der Waals surface area contributed by atoms with Crippen molar-refractivity contribution in [2.75, 3.05) is 24.5 Å². The molecule has 1 aromatic carbocycles. The molecule has 0 aromatic heterocycles. The molecule has 1 aliphatic rings. The molecule has 0 atom stereocenters. The Labute approximate surface area is 130 Å². The summed E-state index contributed by atoms with van der Waals surface area (Å²) < 4.78 is 0. The molecule has 1 aliphatic heterocycles. The van der Waals surface area contributed by atoms with Crippen molar-refractivity contribution in [3.63, 3.8) is 0 Å². The summed E-state index contributed by atoms with van der Waals surface area (Å²) in [6, 6.07) is 7.90. The number of carbonyl (C=O) groups excluding carboxylic acids is 2. The highest BCUT2D eigenvalue weighted by atomic mass is 16.2. The number of rotatable bonds is 5. The van der Waals surface area contributed by atoms with Gasteiger partial charge in [-0.3, -0.25) is 9.59 Å². The molecule has 5 nitrogen and oxygen atoms in total. The molecule has 2 amide bonds. The number of carbonyl (C=O) groups is 2. The molecule has 0 unspecified atom stereocenters. The fourth-order valence-electron chi connectivity index (χ4n) is 2.19. The van der Waals surface area contributed by atoms with Gasteiger partial charge in [0.25, 0.3) is 0 Å². The van der Waals surface area contributed by atoms with Crippen LogP contribution in [0.15, 0.2) is 48.6 Å². The monoisotopic (exact) mass is 299 g/mol. The number of hydrogen-bond acceptors (Lipinski definition) is 3. The average molecular weight is 299 g/mol. The lowest BCUT2D eigenvalue weighted by Gasteiger charge is -2.28. The number of allylic oxidation sites excluding steroid dienone is 3. The van der Waals surface area contributed by atoms with Crippen molar-refractivity contribution in [3.8, 4) is 0 Å². The van der Waals surface area contributed by atoms with Crippen molar-refractivity contribution in [2.24, 2.45) is 0 Å². The van der Waals surface area contributed by atoms with Crippen LogP contribution in [-0.4, -0.2) is 31.4 Å². The third-order valence-corrected chi connectivity index (χ3v) is 3.36. The first-order valence-corrected chi connectivity index (χ1v) is 7.37. The summed E-state index contributed by atoms with van der Waals surface area (Å²) in [5, 5.41) is 5.63. The highest BCUT2D eigenvalue weighted by molar-refractivity contribution is 5.87. The Kier molecular flexibility index (Phi) is 5.77. The van der Waals surface area contributed by atoms with Crippen LogP contribution < -0.4 is 15.5 Å². The Hall–Kier alpha value is -2.56. The Morgan fingerprint density at radius 1 is 1.32 bits per heavy atom. The average Bonchev–Trinajstić information content (AvgIpc) is 2.54. The zero-order chi connectivity index (χ0) is 15.8. The molecule has 22 heavy (non-hydrogen) atoms. The summed E-state index contributed by atoms with van der Waals surface area (Å²) in [6.07, 6.45) is 6.88. The molecule has 2 N–H and O–H groups in total. The minimum atomic E-state index is -0.116. The van der Waals surface area contributed by atoms with Gasteiger partial charge in [-0.1, -0.05) is 30.4 Å². The normalized spacial score (nSPS) is 15.3. The van der Waals surface area contributed by atoms with Gasteiger partial charge in [-0.2, -0.15) is 0 Å². The van der Waals surface area contributed by atoms with Crippen molar-refractivity contribution in [1.29, 1.82) is 0 Å². The van der Waals surface area contributed by atoms with Gasteiger partial charge in [0.15, 0.2) is 0 Å². The zero-order valence-electron chi connectivity index (χ0n) is 12.7. The maximum atomic E-state index is 11.6. The number of piperazine rings is 1. The van der Waals surface area contributed by atoms with E-state index in [1.54, 1.807) is 6.08 Å². The summed E-state index contributed by atoms with van der Waals surface area (Å²) in [5.74, 6) is -0.0645. The highest BCUT2D eigenvalue weighted by Crippen LogP contribution is 2.15. The Balaban J connectivity index is 1.86. The van der Waals surface area contributed by atoms with Crippen LogP contribution in [0.3, 0.4) is 0 Å². The van der Waals surface area contributed by atoms with Crippen LogP contribution >= 0.6 is 0 Å². The van der Waals surface area contributed by atoms with Gasteiger partial charge in [-0.05, 0) is 24.6 Å². The number of benzene rings is 1. The molecule has 1 aromatic rings. The number of hydrogen-bond donors (Lipinski definition) is 2. The predicted molar refractivity (Wildman–Crippen MR) is 87.5 cm³/mol. The maximum Gasteiger partial charge on any atom is 0.244 e. The smallest absolute Gasteiger partial charge is 0.244 e. The SMILES string of the molecule is C/C=C/C=C/C(=O)NCc1ccc(N2CCNC(=O)C2)cc1. The van der Waals surface area contributed by atoms with Crippen LogP contribution in [0.25, 0.3) is 0 Å². The lowest BCUT2D eigenvalue weighted by molar-refractivity contribution is -0.120. The highest BCUT2D eigenvalue weighted by Gasteiger charge is 2.15. The van der Waals surface area contributed by atoms with Crippen molar-refractivity contribution in [2.45, 2.75) is 13.5 Å². The van der Waals surface area contributed by atoms with E-state index >= 15 is 0 Å². The third-order valence-electron chi connectivity index (χ3n) is 3.36. The number of nitrogens with zero attached hydrogens (tertiary/aromatic N) is 1. The first-order valence-electron chi connectivity index (χ1n) is 7.37. The van der Waals surface area contributed by atoms with Crippen molar-refractivity contribution in [3.05, 3.63) is 54.1 Å². The molecule has 0 saturated carbocycles. The largest absolute Gasteiger partial charge is 0.360 e. The summed E-state index contributed by atoms with van der Waals surface area (Å²) >= 11 is 0. The van der Waals surface area contributed by atoms with Gasteiger partial charge in [-0.15, -0.1) is 0 Å². The molecule has 1 fully saturated rings. The van der Waals surface area contributed by atoms with E-state index < -0.39 is 0 Å². The molecule has 0 bridgehead atoms.